The molecule has 9 nitrogen and oxygen atoms in total. The molecule has 0 bridgehead atoms. The number of hydrogen-bond acceptors (Lipinski definition) is 5. The van der Waals surface area contributed by atoms with E-state index in [0.29, 0.717) is 57.1 Å². The molecule has 186 valence electrons. The van der Waals surface area contributed by atoms with E-state index >= 15 is 0 Å². The maximum absolute atomic E-state index is 13.1. The maximum Gasteiger partial charge on any atom is 0.295 e. The molecule has 0 aliphatic carbocycles. The van der Waals surface area contributed by atoms with Gasteiger partial charge in [0.1, 0.15) is 5.69 Å². The molecule has 0 radical (unpaired) electrons. The van der Waals surface area contributed by atoms with E-state index in [1.807, 2.05) is 51.1 Å². The average molecular weight is 472 g/mol. The molecule has 1 fully saturated rings. The highest BCUT2D eigenvalue weighted by molar-refractivity contribution is 5.95. The first kappa shape index (κ1) is 25.7. The molecule has 1 aliphatic heterocycles. The highest BCUT2D eigenvalue weighted by atomic mass is 16.5. The second-order valence-corrected chi connectivity index (χ2v) is 8.75. The van der Waals surface area contributed by atoms with Crippen molar-refractivity contribution in [3.8, 4) is 5.69 Å². The zero-order chi connectivity index (χ0) is 24.7. The summed E-state index contributed by atoms with van der Waals surface area (Å²) >= 11 is 0. The molecular formula is C25H37N5O4. The fourth-order valence-electron chi connectivity index (χ4n) is 4.33. The quantitative estimate of drug-likeness (QED) is 0.517. The number of aromatic nitrogens is 2. The summed E-state index contributed by atoms with van der Waals surface area (Å²) in [5, 5.41) is 5.85. The predicted octanol–water partition coefficient (Wildman–Crippen LogP) is 2.07. The first-order valence-corrected chi connectivity index (χ1v) is 12.1. The number of ether oxygens (including phenoxy) is 1. The van der Waals surface area contributed by atoms with Gasteiger partial charge in [-0.15, -0.1) is 0 Å². The summed E-state index contributed by atoms with van der Waals surface area (Å²) in [6, 6.07) is 8.94. The van der Waals surface area contributed by atoms with Gasteiger partial charge in [-0.25, -0.2) is 4.68 Å². The molecule has 34 heavy (non-hydrogen) atoms. The van der Waals surface area contributed by atoms with Crippen LogP contribution in [-0.4, -0.2) is 65.0 Å². The second-order valence-electron chi connectivity index (χ2n) is 8.75. The first-order chi connectivity index (χ1) is 16.3. The lowest BCUT2D eigenvalue weighted by molar-refractivity contribution is -0.127. The summed E-state index contributed by atoms with van der Waals surface area (Å²) in [7, 11) is 1.80. The van der Waals surface area contributed by atoms with Crippen LogP contribution in [0.2, 0.25) is 0 Å². The molecule has 1 aliphatic rings. The normalized spacial score (nSPS) is 15.8. The summed E-state index contributed by atoms with van der Waals surface area (Å²) in [5.74, 6) is -0.174. The summed E-state index contributed by atoms with van der Waals surface area (Å²) < 4.78 is 8.59. The summed E-state index contributed by atoms with van der Waals surface area (Å²) in [5.41, 5.74) is 1.47. The smallest absolute Gasteiger partial charge is 0.295 e. The van der Waals surface area contributed by atoms with Gasteiger partial charge in [-0.05, 0) is 65.3 Å². The molecule has 0 saturated carbocycles. The fourth-order valence-corrected chi connectivity index (χ4v) is 4.33. The number of benzene rings is 1. The van der Waals surface area contributed by atoms with Crippen LogP contribution >= 0.6 is 0 Å². The molecule has 1 atom stereocenters. The molecule has 2 amide bonds. The third-order valence-electron chi connectivity index (χ3n) is 6.60. The lowest BCUT2D eigenvalue weighted by Crippen LogP contribution is -2.48. The third-order valence-corrected chi connectivity index (χ3v) is 6.60. The van der Waals surface area contributed by atoms with E-state index in [1.165, 1.54) is 0 Å². The number of nitrogens with one attached hydrogen (secondary N) is 2. The van der Waals surface area contributed by atoms with E-state index in [2.05, 4.69) is 15.5 Å². The monoisotopic (exact) mass is 471 g/mol. The zero-order valence-electron chi connectivity index (χ0n) is 20.7. The average Bonchev–Trinajstić information content (AvgIpc) is 3.06. The van der Waals surface area contributed by atoms with Crippen LogP contribution in [0, 0.1) is 12.8 Å². The van der Waals surface area contributed by atoms with Gasteiger partial charge < -0.3 is 15.4 Å². The molecule has 2 heterocycles. The predicted molar refractivity (Wildman–Crippen MR) is 132 cm³/mol. The Morgan fingerprint density at radius 1 is 1.18 bits per heavy atom. The Morgan fingerprint density at radius 2 is 1.85 bits per heavy atom. The molecule has 1 unspecified atom stereocenters. The second kappa shape index (κ2) is 12.0. The van der Waals surface area contributed by atoms with Gasteiger partial charge in [-0.2, -0.15) is 0 Å². The third kappa shape index (κ3) is 5.95. The van der Waals surface area contributed by atoms with Gasteiger partial charge in [-0.3, -0.25) is 24.0 Å². The minimum absolute atomic E-state index is 0.0342. The van der Waals surface area contributed by atoms with Gasteiger partial charge in [0.25, 0.3) is 5.56 Å². The van der Waals surface area contributed by atoms with Crippen LogP contribution < -0.4 is 16.2 Å². The number of hydrogen-bond donors (Lipinski definition) is 2. The lowest BCUT2D eigenvalue weighted by atomic mass is 9.95. The molecule has 1 aromatic heterocycles. The molecule has 1 saturated heterocycles. The molecule has 2 aromatic rings. The van der Waals surface area contributed by atoms with Gasteiger partial charge >= 0.3 is 0 Å². The molecule has 1 aromatic carbocycles. The maximum atomic E-state index is 13.1. The highest BCUT2D eigenvalue weighted by Gasteiger charge is 2.30. The lowest BCUT2D eigenvalue weighted by Gasteiger charge is -2.34. The van der Waals surface area contributed by atoms with Crippen LogP contribution in [0.25, 0.3) is 5.69 Å². The Labute approximate surface area is 201 Å². The van der Waals surface area contributed by atoms with Crippen molar-refractivity contribution >= 4 is 17.5 Å². The molecule has 2 N–H and O–H groups in total. The molecule has 0 spiro atoms. The first-order valence-electron chi connectivity index (χ1n) is 12.1. The molecule has 9 heteroatoms. The number of nitrogens with zero attached hydrogens (tertiary/aromatic N) is 3. The number of rotatable bonds is 10. The number of piperidine rings is 1. The van der Waals surface area contributed by atoms with Crippen molar-refractivity contribution in [2.24, 2.45) is 13.0 Å². The number of carbonyl (C=O) groups is 2. The van der Waals surface area contributed by atoms with Crippen LogP contribution in [0.5, 0.6) is 0 Å². The Morgan fingerprint density at radius 3 is 2.50 bits per heavy atom. The van der Waals surface area contributed by atoms with Gasteiger partial charge in [0, 0.05) is 32.7 Å². The Hall–Kier alpha value is -2.91. The van der Waals surface area contributed by atoms with Gasteiger partial charge in [0.2, 0.25) is 11.8 Å². The summed E-state index contributed by atoms with van der Waals surface area (Å²) in [6.07, 6.45) is 2.22. The van der Waals surface area contributed by atoms with Gasteiger partial charge in [0.05, 0.1) is 17.4 Å². The van der Waals surface area contributed by atoms with E-state index < -0.39 is 6.04 Å². The Kier molecular flexibility index (Phi) is 9.06. The van der Waals surface area contributed by atoms with Crippen LogP contribution in [0.15, 0.2) is 35.1 Å². The van der Waals surface area contributed by atoms with Gasteiger partial charge in [-0.1, -0.05) is 18.2 Å². The number of anilines is 1. The zero-order valence-corrected chi connectivity index (χ0v) is 20.7. The molecular weight excluding hydrogens is 434 g/mol. The van der Waals surface area contributed by atoms with Crippen molar-refractivity contribution in [1.29, 1.82) is 0 Å². The minimum atomic E-state index is -0.403. The Balaban J connectivity index is 1.55. The molecule has 3 rings (SSSR count). The SMILES string of the molecule is CCOCCCNC(=O)C1CCN(C(C)C(=O)Nc2c(C)n(C)n(-c3ccccc3)c2=O)CC1. The standard InChI is InChI=1S/C25H37N5O4/c1-5-34-17-9-14-26-24(32)20-12-15-29(16-13-20)19(3)23(31)27-22-18(2)28(4)30(25(22)33)21-10-7-6-8-11-21/h6-8,10-11,19-20H,5,9,12-17H2,1-4H3,(H,26,32)(H,27,31). The summed E-state index contributed by atoms with van der Waals surface area (Å²) in [4.78, 5) is 40.6. The highest BCUT2D eigenvalue weighted by Crippen LogP contribution is 2.20. The minimum Gasteiger partial charge on any atom is -0.382 e. The van der Waals surface area contributed by atoms with E-state index in [-0.39, 0.29) is 23.3 Å². The van der Waals surface area contributed by atoms with Crippen molar-refractivity contribution in [2.45, 2.75) is 46.1 Å². The van der Waals surface area contributed by atoms with Crippen LogP contribution in [0.4, 0.5) is 5.69 Å². The van der Waals surface area contributed by atoms with Crippen molar-refractivity contribution in [3.63, 3.8) is 0 Å². The number of amides is 2. The number of likely N-dealkylation sites (tertiary alicyclic amines) is 1. The van der Waals surface area contributed by atoms with E-state index in [4.69, 9.17) is 4.74 Å². The van der Waals surface area contributed by atoms with E-state index in [1.54, 1.807) is 16.4 Å². The number of para-hydroxylation sites is 1. The topological polar surface area (TPSA) is 97.6 Å². The largest absolute Gasteiger partial charge is 0.382 e. The van der Waals surface area contributed by atoms with Gasteiger partial charge in [0.15, 0.2) is 0 Å². The fraction of sp³-hybridized carbons (Fsp3) is 0.560. The van der Waals surface area contributed by atoms with Crippen molar-refractivity contribution < 1.29 is 14.3 Å². The number of carbonyl (C=O) groups excluding carboxylic acids is 2. The van der Waals surface area contributed by atoms with Crippen LogP contribution in [-0.2, 0) is 21.4 Å². The Bertz CT molecular complexity index is 1020. The van der Waals surface area contributed by atoms with Crippen LogP contribution in [0.1, 0.15) is 38.8 Å². The van der Waals surface area contributed by atoms with Crippen molar-refractivity contribution in [3.05, 3.63) is 46.4 Å². The van der Waals surface area contributed by atoms with E-state index in [9.17, 15) is 14.4 Å². The van der Waals surface area contributed by atoms with E-state index in [0.717, 1.165) is 12.1 Å². The van der Waals surface area contributed by atoms with Crippen molar-refractivity contribution in [2.75, 3.05) is 38.2 Å². The van der Waals surface area contributed by atoms with Crippen molar-refractivity contribution in [1.82, 2.24) is 19.6 Å². The van der Waals surface area contributed by atoms with Crippen LogP contribution in [0.3, 0.4) is 0 Å². The summed E-state index contributed by atoms with van der Waals surface area (Å²) in [6.45, 7) is 8.90.